The lowest BCUT2D eigenvalue weighted by Crippen LogP contribution is -2.06. The highest BCUT2D eigenvalue weighted by Gasteiger charge is 2.30. The molecule has 2 N–H and O–H groups in total. The molecular weight excluding hydrogens is 383 g/mol. The number of rotatable bonds is 3. The Balaban J connectivity index is 2.30. The molecule has 0 aliphatic heterocycles. The molecule has 0 amide bonds. The van der Waals surface area contributed by atoms with E-state index in [0.717, 1.165) is 12.1 Å². The number of hydrogen-bond acceptors (Lipinski definition) is 6. The Morgan fingerprint density at radius 2 is 1.69 bits per heavy atom. The molecule has 0 aliphatic carbocycles. The van der Waals surface area contributed by atoms with E-state index in [1.165, 1.54) is 31.5 Å². The van der Waals surface area contributed by atoms with Crippen molar-refractivity contribution in [3.8, 4) is 40.4 Å². The Morgan fingerprint density at radius 3 is 2.24 bits per heavy atom. The Morgan fingerprint density at radius 1 is 1.03 bits per heavy atom. The monoisotopic (exact) mass is 395 g/mol. The molecule has 29 heavy (non-hydrogen) atoms. The van der Waals surface area contributed by atoms with Gasteiger partial charge in [-0.1, -0.05) is 12.1 Å². The van der Waals surface area contributed by atoms with Crippen molar-refractivity contribution < 1.29 is 17.9 Å². The van der Waals surface area contributed by atoms with Crippen molar-refractivity contribution in [3.05, 3.63) is 59.3 Å². The molecule has 0 saturated carbocycles. The van der Waals surface area contributed by atoms with Crippen LogP contribution in [0, 0.1) is 22.7 Å². The zero-order valence-corrected chi connectivity index (χ0v) is 14.9. The molecule has 2 aromatic heterocycles. The summed E-state index contributed by atoms with van der Waals surface area (Å²) in [5.74, 6) is 0.292. The zero-order chi connectivity index (χ0) is 21.2. The normalized spacial score (nSPS) is 10.8. The number of pyridine rings is 2. The van der Waals surface area contributed by atoms with Gasteiger partial charge < -0.3 is 10.5 Å². The summed E-state index contributed by atoms with van der Waals surface area (Å²) in [5.41, 5.74) is 5.62. The van der Waals surface area contributed by atoms with Crippen LogP contribution in [0.3, 0.4) is 0 Å². The fraction of sp³-hybridized carbons (Fsp3) is 0.100. The third-order valence-corrected chi connectivity index (χ3v) is 4.16. The fourth-order valence-electron chi connectivity index (χ4n) is 2.79. The van der Waals surface area contributed by atoms with Gasteiger partial charge in [0.05, 0.1) is 23.9 Å². The Hall–Kier alpha value is -4.11. The van der Waals surface area contributed by atoms with Gasteiger partial charge in [0, 0.05) is 17.8 Å². The molecule has 3 aromatic rings. The van der Waals surface area contributed by atoms with E-state index in [9.17, 15) is 23.7 Å². The van der Waals surface area contributed by atoms with Gasteiger partial charge in [0.2, 0.25) is 0 Å². The van der Waals surface area contributed by atoms with Crippen molar-refractivity contribution in [2.45, 2.75) is 6.18 Å². The zero-order valence-electron chi connectivity index (χ0n) is 14.9. The topological polar surface area (TPSA) is 109 Å². The highest BCUT2D eigenvalue weighted by Crippen LogP contribution is 2.37. The number of aromatic nitrogens is 2. The van der Waals surface area contributed by atoms with Gasteiger partial charge in [-0.25, -0.2) is 4.98 Å². The molecule has 2 heterocycles. The molecule has 0 fully saturated rings. The first-order valence-corrected chi connectivity index (χ1v) is 8.11. The number of anilines is 1. The van der Waals surface area contributed by atoms with Gasteiger partial charge in [-0.3, -0.25) is 4.98 Å². The molecule has 0 radical (unpaired) electrons. The number of nitrogens with two attached hydrogens (primary N) is 1. The molecule has 0 atom stereocenters. The van der Waals surface area contributed by atoms with Crippen molar-refractivity contribution in [1.29, 1.82) is 10.5 Å². The number of alkyl halides is 3. The van der Waals surface area contributed by atoms with Crippen LogP contribution >= 0.6 is 0 Å². The van der Waals surface area contributed by atoms with Gasteiger partial charge in [-0.15, -0.1) is 0 Å². The van der Waals surface area contributed by atoms with Crippen LogP contribution in [0.1, 0.15) is 16.7 Å². The molecule has 0 bridgehead atoms. The van der Waals surface area contributed by atoms with Crippen LogP contribution in [0.5, 0.6) is 5.75 Å². The number of ether oxygens (including phenoxy) is 1. The third kappa shape index (κ3) is 3.66. The maximum atomic E-state index is 12.9. The highest BCUT2D eigenvalue weighted by molar-refractivity contribution is 5.86. The summed E-state index contributed by atoms with van der Waals surface area (Å²) in [7, 11) is 1.46. The summed E-state index contributed by atoms with van der Waals surface area (Å²) >= 11 is 0. The van der Waals surface area contributed by atoms with Crippen molar-refractivity contribution in [1.82, 2.24) is 9.97 Å². The van der Waals surface area contributed by atoms with Crippen molar-refractivity contribution in [2.75, 3.05) is 12.8 Å². The molecule has 9 heteroatoms. The Bertz CT molecular complexity index is 1160. The van der Waals surface area contributed by atoms with Crippen molar-refractivity contribution in [2.24, 2.45) is 0 Å². The van der Waals surface area contributed by atoms with Gasteiger partial charge in [-0.2, -0.15) is 23.7 Å². The van der Waals surface area contributed by atoms with Crippen LogP contribution in [0.25, 0.3) is 22.5 Å². The quantitative estimate of drug-likeness (QED) is 0.713. The lowest BCUT2D eigenvalue weighted by Gasteiger charge is -2.14. The number of hydrogen-bond donors (Lipinski definition) is 1. The van der Waals surface area contributed by atoms with Crippen molar-refractivity contribution >= 4 is 5.82 Å². The highest BCUT2D eigenvalue weighted by atomic mass is 19.4. The van der Waals surface area contributed by atoms with E-state index in [1.54, 1.807) is 6.07 Å². The maximum absolute atomic E-state index is 12.9. The first-order chi connectivity index (χ1) is 13.8. The second-order valence-electron chi connectivity index (χ2n) is 5.85. The summed E-state index contributed by atoms with van der Waals surface area (Å²) < 4.78 is 43.8. The molecular formula is C20H12F3N5O. The van der Waals surface area contributed by atoms with Crippen LogP contribution in [0.2, 0.25) is 0 Å². The minimum atomic E-state index is -4.51. The minimum Gasteiger partial charge on any atom is -0.497 e. The standard InChI is InChI=1S/C20H12F3N5O/c1-29-13-6-7-27-16(8-13)18-14(9-24)17(15(10-25)19(26)28-18)11-2-4-12(5-3-11)20(21,22)23/h2-8H,1H3,(H2,26,28). The van der Waals surface area contributed by atoms with Crippen LogP contribution in [0.4, 0.5) is 19.0 Å². The Kier molecular flexibility index (Phi) is 5.07. The maximum Gasteiger partial charge on any atom is 0.416 e. The van der Waals surface area contributed by atoms with Gasteiger partial charge in [0.25, 0.3) is 0 Å². The van der Waals surface area contributed by atoms with E-state index in [4.69, 9.17) is 10.5 Å². The van der Waals surface area contributed by atoms with Crippen LogP contribution in [-0.4, -0.2) is 17.1 Å². The SMILES string of the molecule is COc1ccnc(-c2nc(N)c(C#N)c(-c3ccc(C(F)(F)F)cc3)c2C#N)c1. The van der Waals surface area contributed by atoms with E-state index in [1.807, 2.05) is 12.1 Å². The third-order valence-electron chi connectivity index (χ3n) is 4.16. The molecule has 0 spiro atoms. The lowest BCUT2D eigenvalue weighted by atomic mass is 9.93. The summed E-state index contributed by atoms with van der Waals surface area (Å²) in [5, 5.41) is 19.3. The van der Waals surface area contributed by atoms with E-state index >= 15 is 0 Å². The van der Waals surface area contributed by atoms with Gasteiger partial charge in [0.15, 0.2) is 0 Å². The second kappa shape index (κ2) is 7.49. The molecule has 3 rings (SSSR count). The summed E-state index contributed by atoms with van der Waals surface area (Å²) in [6, 6.07) is 11.1. The minimum absolute atomic E-state index is 0.0312. The van der Waals surface area contributed by atoms with Gasteiger partial charge >= 0.3 is 6.18 Å². The van der Waals surface area contributed by atoms with Crippen LogP contribution in [-0.2, 0) is 6.18 Å². The van der Waals surface area contributed by atoms with Gasteiger partial charge in [-0.05, 0) is 23.8 Å². The molecule has 0 saturated heterocycles. The van der Waals surface area contributed by atoms with E-state index in [2.05, 4.69) is 9.97 Å². The average Bonchev–Trinajstić information content (AvgIpc) is 2.72. The van der Waals surface area contributed by atoms with Crippen LogP contribution in [0.15, 0.2) is 42.6 Å². The lowest BCUT2D eigenvalue weighted by molar-refractivity contribution is -0.137. The molecule has 144 valence electrons. The Labute approximate surface area is 163 Å². The van der Waals surface area contributed by atoms with E-state index in [0.29, 0.717) is 5.75 Å². The smallest absolute Gasteiger partial charge is 0.416 e. The number of benzene rings is 1. The number of methoxy groups -OCH3 is 1. The number of halogens is 3. The number of nitrogens with zero attached hydrogens (tertiary/aromatic N) is 4. The average molecular weight is 395 g/mol. The second-order valence-corrected chi connectivity index (χ2v) is 5.85. The molecule has 1 aromatic carbocycles. The first kappa shape index (κ1) is 19.6. The largest absolute Gasteiger partial charge is 0.497 e. The van der Waals surface area contributed by atoms with Crippen molar-refractivity contribution in [3.63, 3.8) is 0 Å². The number of nitriles is 2. The molecule has 6 nitrogen and oxygen atoms in total. The summed E-state index contributed by atoms with van der Waals surface area (Å²) in [6.07, 6.45) is -3.06. The summed E-state index contributed by atoms with van der Waals surface area (Å²) in [6.45, 7) is 0. The van der Waals surface area contributed by atoms with Gasteiger partial charge in [0.1, 0.15) is 35.0 Å². The van der Waals surface area contributed by atoms with E-state index < -0.39 is 11.7 Å². The predicted molar refractivity (Wildman–Crippen MR) is 98.3 cm³/mol. The fourth-order valence-corrected chi connectivity index (χ4v) is 2.79. The summed E-state index contributed by atoms with van der Waals surface area (Å²) in [4.78, 5) is 8.30. The molecule has 0 unspecified atom stereocenters. The predicted octanol–water partition coefficient (Wildman–Crippen LogP) is 4.16. The van der Waals surface area contributed by atoms with E-state index in [-0.39, 0.29) is 39.5 Å². The van der Waals surface area contributed by atoms with Crippen LogP contribution < -0.4 is 10.5 Å². The number of nitrogen functional groups attached to an aromatic ring is 1. The molecule has 0 aliphatic rings. The first-order valence-electron chi connectivity index (χ1n) is 8.11.